The highest BCUT2D eigenvalue weighted by Gasteiger charge is 2.45. The first-order chi connectivity index (χ1) is 18.8. The van der Waals surface area contributed by atoms with E-state index < -0.39 is 29.7 Å². The number of hydrogen-bond donors (Lipinski definition) is 2. The molecule has 0 saturated carbocycles. The molecule has 2 N–H and O–H groups in total. The molecular weight excluding hydrogens is 500 g/mol. The van der Waals surface area contributed by atoms with E-state index in [1.54, 1.807) is 30.3 Å². The number of likely N-dealkylation sites (N-methyl/N-ethyl adjacent to an activating group) is 1. The Balaban J connectivity index is 1.43. The molecule has 202 valence electrons. The summed E-state index contributed by atoms with van der Waals surface area (Å²) in [5, 5.41) is 5.49. The number of carbonyl (C=O) groups excluding carboxylic acids is 4. The Morgan fingerprint density at radius 1 is 1.05 bits per heavy atom. The smallest absolute Gasteiger partial charge is 0.264 e. The number of benzene rings is 2. The molecule has 0 radical (unpaired) electrons. The number of nitrogens with zero attached hydrogens (tertiary/aromatic N) is 2. The lowest BCUT2D eigenvalue weighted by Crippen LogP contribution is -2.54. The third kappa shape index (κ3) is 5.56. The van der Waals surface area contributed by atoms with Crippen LogP contribution in [0.5, 0.6) is 11.5 Å². The summed E-state index contributed by atoms with van der Waals surface area (Å²) in [6.07, 6.45) is 8.55. The molecular formula is C29H30N4O6. The predicted octanol–water partition coefficient (Wildman–Crippen LogP) is 3.04. The van der Waals surface area contributed by atoms with Crippen molar-refractivity contribution < 1.29 is 28.7 Å². The number of amides is 4. The van der Waals surface area contributed by atoms with E-state index >= 15 is 0 Å². The zero-order valence-electron chi connectivity index (χ0n) is 21.8. The topological polar surface area (TPSA) is 117 Å². The molecule has 0 spiro atoms. The molecule has 4 amide bonds. The van der Waals surface area contributed by atoms with Gasteiger partial charge < -0.3 is 19.7 Å². The van der Waals surface area contributed by atoms with Gasteiger partial charge in [0.25, 0.3) is 11.8 Å². The molecule has 0 bridgehead atoms. The Morgan fingerprint density at radius 2 is 1.90 bits per heavy atom. The molecule has 2 aromatic carbocycles. The zero-order valence-corrected chi connectivity index (χ0v) is 21.8. The average Bonchev–Trinajstić information content (AvgIpc) is 3.16. The molecule has 5 rings (SSSR count). The minimum absolute atomic E-state index is 0.0589. The van der Waals surface area contributed by atoms with Crippen molar-refractivity contribution in [2.24, 2.45) is 0 Å². The Kier molecular flexibility index (Phi) is 7.47. The number of nitrogens with one attached hydrogen (secondary N) is 2. The second kappa shape index (κ2) is 11.1. The van der Waals surface area contributed by atoms with Gasteiger partial charge >= 0.3 is 0 Å². The normalized spacial score (nSPS) is 20.3. The third-order valence-electron chi connectivity index (χ3n) is 6.72. The minimum atomic E-state index is -1.04. The van der Waals surface area contributed by atoms with Crippen LogP contribution in [0.2, 0.25) is 0 Å². The van der Waals surface area contributed by atoms with Gasteiger partial charge in [-0.1, -0.05) is 24.3 Å². The van der Waals surface area contributed by atoms with Crippen molar-refractivity contribution in [1.82, 2.24) is 15.1 Å². The van der Waals surface area contributed by atoms with Crippen LogP contribution < -0.4 is 20.1 Å². The monoisotopic (exact) mass is 530 g/mol. The number of anilines is 2. The average molecular weight is 531 g/mol. The van der Waals surface area contributed by atoms with Crippen LogP contribution in [0, 0.1) is 0 Å². The van der Waals surface area contributed by atoms with Crippen molar-refractivity contribution in [2.45, 2.75) is 31.4 Å². The van der Waals surface area contributed by atoms with Gasteiger partial charge in [-0.2, -0.15) is 0 Å². The highest BCUT2D eigenvalue weighted by atomic mass is 16.5. The molecule has 10 heteroatoms. The predicted molar refractivity (Wildman–Crippen MR) is 144 cm³/mol. The summed E-state index contributed by atoms with van der Waals surface area (Å²) in [6.45, 7) is 1.26. The maximum absolute atomic E-state index is 13.5. The van der Waals surface area contributed by atoms with Crippen molar-refractivity contribution in [1.29, 1.82) is 0 Å². The Morgan fingerprint density at radius 3 is 2.64 bits per heavy atom. The van der Waals surface area contributed by atoms with E-state index in [2.05, 4.69) is 10.6 Å². The van der Waals surface area contributed by atoms with Gasteiger partial charge in [0.1, 0.15) is 30.3 Å². The lowest BCUT2D eigenvalue weighted by atomic mass is 10.0. The summed E-state index contributed by atoms with van der Waals surface area (Å²) >= 11 is 0. The lowest BCUT2D eigenvalue weighted by molar-refractivity contribution is -0.136. The molecule has 1 fully saturated rings. The number of piperidine rings is 1. The van der Waals surface area contributed by atoms with E-state index in [1.165, 1.54) is 0 Å². The van der Waals surface area contributed by atoms with Crippen LogP contribution >= 0.6 is 0 Å². The molecule has 39 heavy (non-hydrogen) atoms. The maximum atomic E-state index is 13.5. The molecule has 2 aromatic rings. The van der Waals surface area contributed by atoms with Crippen LogP contribution in [0.4, 0.5) is 11.4 Å². The molecule has 1 aliphatic carbocycles. The molecule has 3 aliphatic rings. The highest BCUT2D eigenvalue weighted by molar-refractivity contribution is 6.25. The van der Waals surface area contributed by atoms with Crippen molar-refractivity contribution in [3.63, 3.8) is 0 Å². The quantitative estimate of drug-likeness (QED) is 0.475. The molecule has 10 nitrogen and oxygen atoms in total. The van der Waals surface area contributed by atoms with E-state index in [1.807, 2.05) is 49.4 Å². The molecule has 2 unspecified atom stereocenters. The summed E-state index contributed by atoms with van der Waals surface area (Å²) in [5.41, 5.74) is 1.36. The van der Waals surface area contributed by atoms with Crippen LogP contribution in [0.1, 0.15) is 40.0 Å². The Labute approximate surface area is 226 Å². The number of carbonyl (C=O) groups is 4. The van der Waals surface area contributed by atoms with Crippen LogP contribution in [-0.4, -0.2) is 72.8 Å². The van der Waals surface area contributed by atoms with Gasteiger partial charge in [-0.3, -0.25) is 29.4 Å². The SMILES string of the molecule is CN(C)CCOc1ccc(Nc2cccc3c2C(=O)N(C2CCC(=O)NC2=O)C3=O)c(OC2C=CC=CC2)c1. The summed E-state index contributed by atoms with van der Waals surface area (Å²) < 4.78 is 12.2. The van der Waals surface area contributed by atoms with Crippen molar-refractivity contribution >= 4 is 35.0 Å². The summed E-state index contributed by atoms with van der Waals surface area (Å²) in [4.78, 5) is 53.7. The van der Waals surface area contributed by atoms with Crippen molar-refractivity contribution in [3.05, 3.63) is 71.8 Å². The van der Waals surface area contributed by atoms with Gasteiger partial charge in [-0.05, 0) is 50.9 Å². The molecule has 1 saturated heterocycles. The number of ether oxygens (including phenoxy) is 2. The van der Waals surface area contributed by atoms with Crippen LogP contribution in [-0.2, 0) is 9.59 Å². The first-order valence-corrected chi connectivity index (χ1v) is 12.8. The van der Waals surface area contributed by atoms with Gasteiger partial charge in [0.2, 0.25) is 11.8 Å². The van der Waals surface area contributed by atoms with Crippen molar-refractivity contribution in [2.75, 3.05) is 32.6 Å². The van der Waals surface area contributed by atoms with Crippen molar-refractivity contribution in [3.8, 4) is 11.5 Å². The maximum Gasteiger partial charge on any atom is 0.264 e. The van der Waals surface area contributed by atoms with Crippen LogP contribution in [0.25, 0.3) is 0 Å². The van der Waals surface area contributed by atoms with E-state index in [9.17, 15) is 19.2 Å². The first-order valence-electron chi connectivity index (χ1n) is 12.8. The molecule has 2 atom stereocenters. The van der Waals surface area contributed by atoms with E-state index in [4.69, 9.17) is 9.47 Å². The first kappa shape index (κ1) is 26.2. The zero-order chi connectivity index (χ0) is 27.5. The van der Waals surface area contributed by atoms with E-state index in [-0.39, 0.29) is 30.1 Å². The fraction of sp³-hybridized carbons (Fsp3) is 0.310. The standard InChI is InChI=1S/C29H30N4O6/c1-32(2)15-16-38-19-11-12-21(24(17-19)39-18-7-4-3-5-8-18)30-22-10-6-9-20-26(22)29(37)33(28(20)36)23-13-14-25(34)31-27(23)35/h3-7,9-12,17-18,23,30H,8,13-16H2,1-2H3,(H,31,34,35). The summed E-state index contributed by atoms with van der Waals surface area (Å²) in [7, 11) is 3.94. The number of imide groups is 2. The second-order valence-corrected chi connectivity index (χ2v) is 9.82. The summed E-state index contributed by atoms with van der Waals surface area (Å²) in [5.74, 6) is -1.04. The number of rotatable bonds is 9. The van der Waals surface area contributed by atoms with Gasteiger partial charge in [-0.25, -0.2) is 0 Å². The number of hydrogen-bond acceptors (Lipinski definition) is 8. The van der Waals surface area contributed by atoms with E-state index in [0.29, 0.717) is 35.9 Å². The largest absolute Gasteiger partial charge is 0.492 e. The summed E-state index contributed by atoms with van der Waals surface area (Å²) in [6, 6.07) is 9.32. The molecule has 0 aromatic heterocycles. The second-order valence-electron chi connectivity index (χ2n) is 9.82. The number of fused-ring (bicyclic) bond motifs is 1. The highest BCUT2D eigenvalue weighted by Crippen LogP contribution is 2.38. The van der Waals surface area contributed by atoms with Gasteiger partial charge in [0.15, 0.2) is 0 Å². The fourth-order valence-electron chi connectivity index (χ4n) is 4.71. The van der Waals surface area contributed by atoms with Gasteiger partial charge in [0.05, 0.1) is 22.5 Å². The third-order valence-corrected chi connectivity index (χ3v) is 6.72. The molecule has 2 heterocycles. The Hall–Kier alpha value is -4.44. The van der Waals surface area contributed by atoms with E-state index in [0.717, 1.165) is 11.4 Å². The Bertz CT molecular complexity index is 1380. The number of allylic oxidation sites excluding steroid dienone is 2. The molecule has 2 aliphatic heterocycles. The van der Waals surface area contributed by atoms with Gasteiger partial charge in [-0.15, -0.1) is 0 Å². The fourth-order valence-corrected chi connectivity index (χ4v) is 4.71. The van der Waals surface area contributed by atoms with Gasteiger partial charge in [0, 0.05) is 25.5 Å². The minimum Gasteiger partial charge on any atom is -0.492 e. The van der Waals surface area contributed by atoms with Crippen LogP contribution in [0.3, 0.4) is 0 Å². The van der Waals surface area contributed by atoms with Crippen LogP contribution in [0.15, 0.2) is 60.7 Å². The lowest BCUT2D eigenvalue weighted by Gasteiger charge is -2.27.